The molecular weight excluding hydrogens is 380 g/mol. The molecule has 0 radical (unpaired) electrons. The van der Waals surface area contributed by atoms with Gasteiger partial charge in [0.25, 0.3) is 0 Å². The van der Waals surface area contributed by atoms with Crippen LogP contribution in [0.5, 0.6) is 11.5 Å². The van der Waals surface area contributed by atoms with Gasteiger partial charge in [0.15, 0.2) is 29.0 Å². The van der Waals surface area contributed by atoms with E-state index in [0.29, 0.717) is 23.7 Å². The Morgan fingerprint density at radius 1 is 1.00 bits per heavy atom. The Labute approximate surface area is 175 Å². The molecule has 0 saturated heterocycles. The Kier molecular flexibility index (Phi) is 5.22. The topological polar surface area (TPSA) is 79.9 Å². The van der Waals surface area contributed by atoms with Gasteiger partial charge in [-0.2, -0.15) is 9.78 Å². The van der Waals surface area contributed by atoms with Gasteiger partial charge in [0.2, 0.25) is 0 Å². The molecule has 0 bridgehead atoms. The fraction of sp³-hybridized carbons (Fsp3) is 0.273. The lowest BCUT2D eigenvalue weighted by Gasteiger charge is -2.08. The molecular formula is C22H24N6O2. The first kappa shape index (κ1) is 19.6. The summed E-state index contributed by atoms with van der Waals surface area (Å²) in [6, 6.07) is 9.79. The number of hydrogen-bond donors (Lipinski definition) is 0. The lowest BCUT2D eigenvalue weighted by atomic mass is 10.1. The molecule has 154 valence electrons. The van der Waals surface area contributed by atoms with Gasteiger partial charge in [-0.3, -0.25) is 9.67 Å². The van der Waals surface area contributed by atoms with Crippen molar-refractivity contribution in [2.45, 2.75) is 20.3 Å². The van der Waals surface area contributed by atoms with E-state index in [1.165, 1.54) is 0 Å². The molecule has 8 nitrogen and oxygen atoms in total. The average molecular weight is 404 g/mol. The molecule has 0 aliphatic rings. The van der Waals surface area contributed by atoms with Gasteiger partial charge in [-0.05, 0) is 43.2 Å². The third-order valence-electron chi connectivity index (χ3n) is 4.96. The van der Waals surface area contributed by atoms with Crippen molar-refractivity contribution in [1.82, 2.24) is 29.5 Å². The molecule has 0 atom stereocenters. The molecule has 30 heavy (non-hydrogen) atoms. The summed E-state index contributed by atoms with van der Waals surface area (Å²) >= 11 is 0. The van der Waals surface area contributed by atoms with Gasteiger partial charge < -0.3 is 9.47 Å². The first-order valence-electron chi connectivity index (χ1n) is 9.59. The summed E-state index contributed by atoms with van der Waals surface area (Å²) in [6.07, 6.45) is 4.15. The molecule has 3 heterocycles. The summed E-state index contributed by atoms with van der Waals surface area (Å²) in [6.45, 7) is 4.03. The van der Waals surface area contributed by atoms with Crippen molar-refractivity contribution in [3.8, 4) is 28.7 Å². The number of methoxy groups -OCH3 is 2. The zero-order valence-corrected chi connectivity index (χ0v) is 17.7. The highest BCUT2D eigenvalue weighted by Gasteiger charge is 2.18. The Morgan fingerprint density at radius 3 is 2.47 bits per heavy atom. The largest absolute Gasteiger partial charge is 0.493 e. The minimum Gasteiger partial charge on any atom is -0.493 e. The van der Waals surface area contributed by atoms with Gasteiger partial charge in [0.1, 0.15) is 0 Å². The summed E-state index contributed by atoms with van der Waals surface area (Å²) in [4.78, 5) is 9.32. The Morgan fingerprint density at radius 2 is 1.80 bits per heavy atom. The number of aryl methyl sites for hydroxylation is 3. The molecule has 0 spiro atoms. The van der Waals surface area contributed by atoms with Crippen LogP contribution in [0.4, 0.5) is 0 Å². The lowest BCUT2D eigenvalue weighted by molar-refractivity contribution is 0.354. The Balaban J connectivity index is 1.79. The molecule has 0 aliphatic carbocycles. The molecule has 3 aromatic heterocycles. The average Bonchev–Trinajstić information content (AvgIpc) is 3.33. The van der Waals surface area contributed by atoms with Gasteiger partial charge in [-0.15, -0.1) is 5.10 Å². The van der Waals surface area contributed by atoms with Crippen molar-refractivity contribution in [1.29, 1.82) is 0 Å². The first-order chi connectivity index (χ1) is 14.5. The standard InChI is InChI=1S/C22H24N6O2/c1-14-10-15(2)23-13-17(14)22-25-20(26-28(22)21-8-9-24-27(21)3)12-16-6-7-18(29-4)19(11-16)30-5/h6-11,13H,12H2,1-5H3. The van der Waals surface area contributed by atoms with Gasteiger partial charge in [-0.1, -0.05) is 6.07 Å². The minimum absolute atomic E-state index is 0.552. The quantitative estimate of drug-likeness (QED) is 0.491. The maximum Gasteiger partial charge on any atom is 0.167 e. The Bertz CT molecular complexity index is 1190. The highest BCUT2D eigenvalue weighted by Crippen LogP contribution is 2.29. The molecule has 4 rings (SSSR count). The predicted octanol–water partition coefficient (Wildman–Crippen LogP) is 3.29. The normalized spacial score (nSPS) is 11.0. The third kappa shape index (κ3) is 3.63. The smallest absolute Gasteiger partial charge is 0.167 e. The van der Waals surface area contributed by atoms with Crippen molar-refractivity contribution in [2.75, 3.05) is 14.2 Å². The van der Waals surface area contributed by atoms with Crippen LogP contribution in [0.1, 0.15) is 22.6 Å². The minimum atomic E-state index is 0.552. The number of hydrogen-bond acceptors (Lipinski definition) is 6. The molecule has 8 heteroatoms. The molecule has 0 aliphatic heterocycles. The molecule has 0 fully saturated rings. The van der Waals surface area contributed by atoms with E-state index in [9.17, 15) is 0 Å². The fourth-order valence-corrected chi connectivity index (χ4v) is 3.44. The van der Waals surface area contributed by atoms with E-state index >= 15 is 0 Å². The number of aromatic nitrogens is 6. The van der Waals surface area contributed by atoms with Crippen LogP contribution in [-0.4, -0.2) is 43.7 Å². The van der Waals surface area contributed by atoms with Crippen molar-refractivity contribution >= 4 is 0 Å². The van der Waals surface area contributed by atoms with E-state index in [1.807, 2.05) is 55.2 Å². The second kappa shape index (κ2) is 7.98. The van der Waals surface area contributed by atoms with E-state index in [2.05, 4.69) is 17.0 Å². The third-order valence-corrected chi connectivity index (χ3v) is 4.96. The van der Waals surface area contributed by atoms with E-state index in [0.717, 1.165) is 34.0 Å². The zero-order chi connectivity index (χ0) is 21.3. The maximum atomic E-state index is 5.42. The number of pyridine rings is 1. The summed E-state index contributed by atoms with van der Waals surface area (Å²) < 4.78 is 14.3. The number of benzene rings is 1. The van der Waals surface area contributed by atoms with Gasteiger partial charge in [-0.25, -0.2) is 4.98 Å². The Hall–Kier alpha value is -3.68. The van der Waals surface area contributed by atoms with Crippen LogP contribution < -0.4 is 9.47 Å². The van der Waals surface area contributed by atoms with Crippen molar-refractivity contribution in [3.05, 3.63) is 65.4 Å². The predicted molar refractivity (Wildman–Crippen MR) is 113 cm³/mol. The number of rotatable bonds is 6. The van der Waals surface area contributed by atoms with Crippen LogP contribution in [0.2, 0.25) is 0 Å². The molecule has 1 aromatic carbocycles. The zero-order valence-electron chi connectivity index (χ0n) is 17.7. The van der Waals surface area contributed by atoms with Crippen molar-refractivity contribution in [3.63, 3.8) is 0 Å². The number of nitrogens with zero attached hydrogens (tertiary/aromatic N) is 6. The van der Waals surface area contributed by atoms with Crippen molar-refractivity contribution in [2.24, 2.45) is 7.05 Å². The van der Waals surface area contributed by atoms with Crippen molar-refractivity contribution < 1.29 is 9.47 Å². The summed E-state index contributed by atoms with van der Waals surface area (Å²) in [5, 5.41) is 9.07. The SMILES string of the molecule is COc1ccc(Cc2nc(-c3cnc(C)cc3C)n(-c3ccnn3C)n2)cc1OC. The fourth-order valence-electron chi connectivity index (χ4n) is 3.44. The molecule has 0 N–H and O–H groups in total. The first-order valence-corrected chi connectivity index (χ1v) is 9.59. The molecule has 4 aromatic rings. The lowest BCUT2D eigenvalue weighted by Crippen LogP contribution is -2.07. The van der Waals surface area contributed by atoms with Crippen LogP contribution in [0, 0.1) is 13.8 Å². The van der Waals surface area contributed by atoms with Crippen LogP contribution >= 0.6 is 0 Å². The highest BCUT2D eigenvalue weighted by atomic mass is 16.5. The molecule has 0 amide bonds. The summed E-state index contributed by atoms with van der Waals surface area (Å²) in [7, 11) is 5.14. The monoisotopic (exact) mass is 404 g/mol. The molecule has 0 unspecified atom stereocenters. The van der Waals surface area contributed by atoms with Crippen LogP contribution in [0.3, 0.4) is 0 Å². The van der Waals surface area contributed by atoms with E-state index < -0.39 is 0 Å². The van der Waals surface area contributed by atoms with Crippen LogP contribution in [0.15, 0.2) is 42.7 Å². The highest BCUT2D eigenvalue weighted by molar-refractivity contribution is 5.61. The second-order valence-electron chi connectivity index (χ2n) is 7.08. The van der Waals surface area contributed by atoms with Crippen LogP contribution in [0.25, 0.3) is 17.2 Å². The van der Waals surface area contributed by atoms with Gasteiger partial charge in [0, 0.05) is 37.0 Å². The van der Waals surface area contributed by atoms with E-state index in [1.54, 1.807) is 25.1 Å². The second-order valence-corrected chi connectivity index (χ2v) is 7.08. The summed E-state index contributed by atoms with van der Waals surface area (Å²) in [5.74, 6) is 3.63. The van der Waals surface area contributed by atoms with Gasteiger partial charge >= 0.3 is 0 Å². The van der Waals surface area contributed by atoms with Crippen LogP contribution in [-0.2, 0) is 13.5 Å². The number of ether oxygens (including phenoxy) is 2. The summed E-state index contributed by atoms with van der Waals surface area (Å²) in [5.41, 5.74) is 4.03. The van der Waals surface area contributed by atoms with E-state index in [4.69, 9.17) is 19.6 Å². The van der Waals surface area contributed by atoms with E-state index in [-0.39, 0.29) is 0 Å². The van der Waals surface area contributed by atoms with Gasteiger partial charge in [0.05, 0.1) is 20.4 Å². The molecule has 0 saturated carbocycles. The maximum absolute atomic E-state index is 5.42.